The average molecular weight is 305 g/mol. The Morgan fingerprint density at radius 3 is 2.64 bits per heavy atom. The van der Waals surface area contributed by atoms with E-state index in [1.165, 1.54) is 17.0 Å². The molecule has 0 N–H and O–H groups in total. The van der Waals surface area contributed by atoms with E-state index in [9.17, 15) is 14.0 Å². The highest BCUT2D eigenvalue weighted by atomic mass is 19.1. The Morgan fingerprint density at radius 2 is 2.05 bits per heavy atom. The molecule has 0 unspecified atom stereocenters. The monoisotopic (exact) mass is 305 g/mol. The van der Waals surface area contributed by atoms with Crippen molar-refractivity contribution >= 4 is 11.9 Å². The Kier molecular flexibility index (Phi) is 5.31. The molecule has 1 saturated heterocycles. The minimum Gasteiger partial charge on any atom is -0.459 e. The van der Waals surface area contributed by atoms with Gasteiger partial charge in [-0.15, -0.1) is 6.58 Å². The second-order valence-corrected chi connectivity index (χ2v) is 5.23. The number of rotatable bonds is 3. The predicted molar refractivity (Wildman–Crippen MR) is 80.5 cm³/mol. The highest BCUT2D eigenvalue weighted by molar-refractivity contribution is 6.32. The Bertz CT molecular complexity index is 556. The maximum Gasteiger partial charge on any atom is 0.397 e. The first-order valence-electron chi connectivity index (χ1n) is 7.46. The van der Waals surface area contributed by atoms with Gasteiger partial charge in [0.2, 0.25) is 0 Å². The van der Waals surface area contributed by atoms with Crippen molar-refractivity contribution in [3.8, 4) is 0 Å². The van der Waals surface area contributed by atoms with Gasteiger partial charge in [0.1, 0.15) is 5.82 Å². The molecule has 1 aromatic carbocycles. The summed E-state index contributed by atoms with van der Waals surface area (Å²) in [5, 5.41) is 0. The number of hydrogen-bond donors (Lipinski definition) is 0. The number of likely N-dealkylation sites (tertiary alicyclic amines) is 1. The number of hydrogen-bond acceptors (Lipinski definition) is 3. The molecule has 0 bridgehead atoms. The van der Waals surface area contributed by atoms with Crippen LogP contribution in [0.2, 0.25) is 0 Å². The van der Waals surface area contributed by atoms with Crippen molar-refractivity contribution in [3.63, 3.8) is 0 Å². The van der Waals surface area contributed by atoms with Crippen molar-refractivity contribution in [2.24, 2.45) is 0 Å². The summed E-state index contributed by atoms with van der Waals surface area (Å²) in [6, 6.07) is 5.53. The molecule has 0 aromatic heterocycles. The van der Waals surface area contributed by atoms with Crippen LogP contribution in [0, 0.1) is 5.82 Å². The van der Waals surface area contributed by atoms with Crippen LogP contribution >= 0.6 is 0 Å². The summed E-state index contributed by atoms with van der Waals surface area (Å²) in [5.74, 6) is -1.85. The molecule has 2 atom stereocenters. The summed E-state index contributed by atoms with van der Waals surface area (Å²) in [7, 11) is 0. The van der Waals surface area contributed by atoms with Crippen LogP contribution in [0.15, 0.2) is 36.9 Å². The first-order chi connectivity index (χ1) is 10.6. The smallest absolute Gasteiger partial charge is 0.397 e. The zero-order valence-electron chi connectivity index (χ0n) is 12.6. The van der Waals surface area contributed by atoms with Gasteiger partial charge in [0.15, 0.2) is 0 Å². The van der Waals surface area contributed by atoms with Crippen LogP contribution in [0.4, 0.5) is 4.39 Å². The molecule has 5 heteroatoms. The van der Waals surface area contributed by atoms with Crippen LogP contribution in [0.1, 0.15) is 37.8 Å². The van der Waals surface area contributed by atoms with Gasteiger partial charge in [0, 0.05) is 0 Å². The number of carbonyl (C=O) groups excluding carboxylic acids is 2. The van der Waals surface area contributed by atoms with Crippen molar-refractivity contribution in [1.82, 2.24) is 4.90 Å². The number of carbonyl (C=O) groups is 2. The van der Waals surface area contributed by atoms with Crippen molar-refractivity contribution in [2.45, 2.75) is 38.3 Å². The molecule has 0 radical (unpaired) electrons. The van der Waals surface area contributed by atoms with Crippen LogP contribution in [-0.2, 0) is 14.3 Å². The minimum absolute atomic E-state index is 0.151. The standard InChI is InChI=1S/C17H20FNO3/c1-3-14-6-5-7-15(12-8-10-13(18)11-9-12)19(14)16(20)17(21)22-4-2/h3,8-11,14-15H,1,4-7H2,2H3/t14-,15-/m1/s1. The van der Waals surface area contributed by atoms with E-state index in [0.717, 1.165) is 24.8 Å². The van der Waals surface area contributed by atoms with E-state index in [-0.39, 0.29) is 24.5 Å². The zero-order valence-corrected chi connectivity index (χ0v) is 12.6. The van der Waals surface area contributed by atoms with Gasteiger partial charge in [-0.1, -0.05) is 18.2 Å². The largest absolute Gasteiger partial charge is 0.459 e. The van der Waals surface area contributed by atoms with E-state index in [2.05, 4.69) is 6.58 Å². The molecule has 1 fully saturated rings. The molecule has 0 saturated carbocycles. The molecule has 1 aliphatic heterocycles. The van der Waals surface area contributed by atoms with Crippen molar-refractivity contribution < 1.29 is 18.7 Å². The van der Waals surface area contributed by atoms with Crippen molar-refractivity contribution in [3.05, 3.63) is 48.3 Å². The second kappa shape index (κ2) is 7.20. The highest BCUT2D eigenvalue weighted by Gasteiger charge is 2.37. The van der Waals surface area contributed by atoms with Gasteiger partial charge >= 0.3 is 11.9 Å². The summed E-state index contributed by atoms with van der Waals surface area (Å²) in [6.45, 7) is 5.57. The van der Waals surface area contributed by atoms with Gasteiger partial charge in [0.05, 0.1) is 18.7 Å². The quantitative estimate of drug-likeness (QED) is 0.490. The topological polar surface area (TPSA) is 46.6 Å². The summed E-state index contributed by atoms with van der Waals surface area (Å²) < 4.78 is 17.9. The fourth-order valence-corrected chi connectivity index (χ4v) is 2.86. The molecule has 4 nitrogen and oxygen atoms in total. The van der Waals surface area contributed by atoms with E-state index < -0.39 is 11.9 Å². The van der Waals surface area contributed by atoms with Crippen LogP contribution in [-0.4, -0.2) is 29.4 Å². The minimum atomic E-state index is -0.858. The number of piperidine rings is 1. The second-order valence-electron chi connectivity index (χ2n) is 5.23. The van der Waals surface area contributed by atoms with E-state index in [1.54, 1.807) is 25.1 Å². The fraction of sp³-hybridized carbons (Fsp3) is 0.412. The molecule has 22 heavy (non-hydrogen) atoms. The predicted octanol–water partition coefficient (Wildman–Crippen LogP) is 3.00. The lowest BCUT2D eigenvalue weighted by molar-refractivity contribution is -0.163. The highest BCUT2D eigenvalue weighted by Crippen LogP contribution is 2.35. The lowest BCUT2D eigenvalue weighted by atomic mass is 9.90. The van der Waals surface area contributed by atoms with Crippen LogP contribution < -0.4 is 0 Å². The van der Waals surface area contributed by atoms with Gasteiger partial charge in [-0.2, -0.15) is 0 Å². The Balaban J connectivity index is 2.32. The molecular weight excluding hydrogens is 285 g/mol. The number of halogens is 1. The first-order valence-corrected chi connectivity index (χ1v) is 7.46. The number of nitrogens with zero attached hydrogens (tertiary/aromatic N) is 1. The molecule has 2 rings (SSSR count). The molecule has 1 heterocycles. The molecule has 118 valence electrons. The number of esters is 1. The number of amides is 1. The van der Waals surface area contributed by atoms with Gasteiger partial charge < -0.3 is 9.64 Å². The van der Waals surface area contributed by atoms with Gasteiger partial charge in [-0.3, -0.25) is 4.79 Å². The number of ether oxygens (including phenoxy) is 1. The molecule has 1 amide bonds. The normalized spacial score (nSPS) is 21.3. The lowest BCUT2D eigenvalue weighted by Crippen LogP contribution is -2.48. The third kappa shape index (κ3) is 3.35. The van der Waals surface area contributed by atoms with E-state index in [1.807, 2.05) is 0 Å². The Hall–Kier alpha value is -2.17. The first kappa shape index (κ1) is 16.2. The number of benzene rings is 1. The third-order valence-electron chi connectivity index (χ3n) is 3.88. The molecule has 0 aliphatic carbocycles. The summed E-state index contributed by atoms with van der Waals surface area (Å²) >= 11 is 0. The van der Waals surface area contributed by atoms with Crippen molar-refractivity contribution in [1.29, 1.82) is 0 Å². The van der Waals surface area contributed by atoms with E-state index in [0.29, 0.717) is 0 Å². The maximum atomic E-state index is 13.1. The van der Waals surface area contributed by atoms with Crippen LogP contribution in [0.5, 0.6) is 0 Å². The third-order valence-corrected chi connectivity index (χ3v) is 3.88. The van der Waals surface area contributed by atoms with Crippen molar-refractivity contribution in [2.75, 3.05) is 6.61 Å². The van der Waals surface area contributed by atoms with Gasteiger partial charge in [0.25, 0.3) is 0 Å². The van der Waals surface area contributed by atoms with Gasteiger partial charge in [-0.25, -0.2) is 9.18 Å². The maximum absolute atomic E-state index is 13.1. The lowest BCUT2D eigenvalue weighted by Gasteiger charge is -2.40. The SMILES string of the molecule is C=C[C@@H]1CCC[C@H](c2ccc(F)cc2)N1C(=O)C(=O)OCC. The average Bonchev–Trinajstić information content (AvgIpc) is 2.54. The van der Waals surface area contributed by atoms with E-state index in [4.69, 9.17) is 4.74 Å². The zero-order chi connectivity index (χ0) is 16.1. The van der Waals surface area contributed by atoms with Crippen LogP contribution in [0.3, 0.4) is 0 Å². The fourth-order valence-electron chi connectivity index (χ4n) is 2.86. The summed E-state index contributed by atoms with van der Waals surface area (Å²) in [6.07, 6.45) is 4.06. The Labute approximate surface area is 129 Å². The van der Waals surface area contributed by atoms with E-state index >= 15 is 0 Å². The van der Waals surface area contributed by atoms with Gasteiger partial charge in [-0.05, 0) is 43.9 Å². The Morgan fingerprint density at radius 1 is 1.36 bits per heavy atom. The molecular formula is C17H20FNO3. The molecule has 1 aliphatic rings. The summed E-state index contributed by atoms with van der Waals surface area (Å²) in [4.78, 5) is 25.8. The molecule has 0 spiro atoms. The molecule has 1 aromatic rings. The van der Waals surface area contributed by atoms with Crippen LogP contribution in [0.25, 0.3) is 0 Å². The summed E-state index contributed by atoms with van der Waals surface area (Å²) in [5.41, 5.74) is 0.811.